The number of esters is 1. The number of piperidine rings is 1. The van der Waals surface area contributed by atoms with Crippen molar-refractivity contribution in [3.63, 3.8) is 0 Å². The van der Waals surface area contributed by atoms with E-state index < -0.39 is 23.3 Å². The smallest absolute Gasteiger partial charge is 0.343 e. The molecule has 34 heavy (non-hydrogen) atoms. The van der Waals surface area contributed by atoms with Crippen LogP contribution >= 0.6 is 12.4 Å². The molecule has 2 fully saturated rings. The summed E-state index contributed by atoms with van der Waals surface area (Å²) in [6.45, 7) is 3.89. The van der Waals surface area contributed by atoms with Crippen molar-refractivity contribution in [1.29, 1.82) is 0 Å². The molecule has 1 aromatic carbocycles. The van der Waals surface area contributed by atoms with Gasteiger partial charge in [-0.2, -0.15) is 0 Å². The van der Waals surface area contributed by atoms with Gasteiger partial charge in [0.1, 0.15) is 17.1 Å². The van der Waals surface area contributed by atoms with Gasteiger partial charge in [0.2, 0.25) is 5.43 Å². The first-order valence-corrected chi connectivity index (χ1v) is 11.2. The molecule has 1 aromatic heterocycles. The molecule has 0 bridgehead atoms. The molecule has 1 saturated heterocycles. The van der Waals surface area contributed by atoms with Gasteiger partial charge in [-0.25, -0.2) is 13.6 Å². The molecule has 0 amide bonds. The second-order valence-electron chi connectivity index (χ2n) is 8.84. The number of hydrogen-bond acceptors (Lipinski definition) is 6. The number of nitrogens with two attached hydrogens (primary N) is 1. The second kappa shape index (κ2) is 10.3. The highest BCUT2D eigenvalue weighted by atomic mass is 35.5. The largest absolute Gasteiger partial charge is 0.492 e. The van der Waals surface area contributed by atoms with Crippen molar-refractivity contribution in [2.75, 3.05) is 31.6 Å². The molecule has 0 atom stereocenters. The van der Waals surface area contributed by atoms with Crippen molar-refractivity contribution in [3.05, 3.63) is 45.3 Å². The van der Waals surface area contributed by atoms with Crippen LogP contribution in [0.25, 0.3) is 10.9 Å². The second-order valence-corrected chi connectivity index (χ2v) is 8.84. The van der Waals surface area contributed by atoms with Gasteiger partial charge in [-0.05, 0) is 51.2 Å². The molecular formula is C24H30ClF2N3O4. The fourth-order valence-electron chi connectivity index (χ4n) is 4.42. The van der Waals surface area contributed by atoms with Crippen LogP contribution in [0.4, 0.5) is 14.5 Å². The third-order valence-corrected chi connectivity index (χ3v) is 6.07. The molecule has 0 radical (unpaired) electrons. The van der Waals surface area contributed by atoms with Crippen molar-refractivity contribution in [3.8, 4) is 5.75 Å². The number of pyridine rings is 1. The highest BCUT2D eigenvalue weighted by Crippen LogP contribution is 2.44. The van der Waals surface area contributed by atoms with Crippen molar-refractivity contribution in [1.82, 2.24) is 4.57 Å². The minimum Gasteiger partial charge on any atom is -0.492 e. The quantitative estimate of drug-likeness (QED) is 0.600. The van der Waals surface area contributed by atoms with Gasteiger partial charge in [0.25, 0.3) is 0 Å². The van der Waals surface area contributed by atoms with Crippen LogP contribution in [-0.2, 0) is 4.74 Å². The zero-order valence-corrected chi connectivity index (χ0v) is 20.3. The summed E-state index contributed by atoms with van der Waals surface area (Å²) in [5.74, 6) is -1.59. The minimum atomic E-state index is -0.738. The molecular weight excluding hydrogens is 468 g/mol. The molecule has 1 saturated carbocycles. The van der Waals surface area contributed by atoms with Gasteiger partial charge in [0.15, 0.2) is 11.6 Å². The van der Waals surface area contributed by atoms with Gasteiger partial charge in [-0.3, -0.25) is 4.79 Å². The molecule has 10 heteroatoms. The van der Waals surface area contributed by atoms with Gasteiger partial charge in [-0.1, -0.05) is 0 Å². The Balaban J connectivity index is 0.00000324. The van der Waals surface area contributed by atoms with Gasteiger partial charge >= 0.3 is 5.97 Å². The lowest BCUT2D eigenvalue weighted by atomic mass is 10.0. The van der Waals surface area contributed by atoms with Gasteiger partial charge in [0.05, 0.1) is 24.1 Å². The van der Waals surface area contributed by atoms with E-state index in [4.69, 9.17) is 15.2 Å². The molecule has 0 unspecified atom stereocenters. The first-order chi connectivity index (χ1) is 15.8. The van der Waals surface area contributed by atoms with E-state index in [1.807, 2.05) is 4.57 Å². The number of hydrogen-bond donors (Lipinski definition) is 1. The van der Waals surface area contributed by atoms with Crippen molar-refractivity contribution in [2.24, 2.45) is 5.73 Å². The lowest BCUT2D eigenvalue weighted by Crippen LogP contribution is -2.33. The Kier molecular flexibility index (Phi) is 7.88. The van der Waals surface area contributed by atoms with Crippen molar-refractivity contribution >= 4 is 35.0 Å². The highest BCUT2D eigenvalue weighted by Gasteiger charge is 2.32. The SMILES string of the molecule is COc1c(N2CCCC(=C(F)CN)C2)c(F)cc2c(=O)c(C(=O)OC(C)C)cn(C3CC3)c12.Cl. The summed E-state index contributed by atoms with van der Waals surface area (Å²) >= 11 is 0. The Morgan fingerprint density at radius 1 is 1.32 bits per heavy atom. The molecule has 1 aliphatic heterocycles. The van der Waals surface area contributed by atoms with Crippen LogP contribution in [0, 0.1) is 5.82 Å². The van der Waals surface area contributed by atoms with Crippen molar-refractivity contribution < 1.29 is 23.0 Å². The normalized spacial score (nSPS) is 17.6. The predicted octanol–water partition coefficient (Wildman–Crippen LogP) is 4.25. The third-order valence-electron chi connectivity index (χ3n) is 6.07. The van der Waals surface area contributed by atoms with Crippen LogP contribution < -0.4 is 20.8 Å². The van der Waals surface area contributed by atoms with Crippen LogP contribution in [-0.4, -0.2) is 43.4 Å². The van der Waals surface area contributed by atoms with Crippen LogP contribution in [0.1, 0.15) is 55.9 Å². The average Bonchev–Trinajstić information content (AvgIpc) is 3.63. The molecule has 2 N–H and O–H groups in total. The first-order valence-electron chi connectivity index (χ1n) is 11.2. The van der Waals surface area contributed by atoms with E-state index in [2.05, 4.69) is 0 Å². The Labute approximate surface area is 202 Å². The number of fused-ring (bicyclic) bond motifs is 1. The van der Waals surface area contributed by atoms with Crippen molar-refractivity contribution in [2.45, 2.75) is 51.7 Å². The first kappa shape index (κ1) is 26.0. The van der Waals surface area contributed by atoms with Gasteiger partial charge in [-0.15, -0.1) is 12.4 Å². The number of rotatable bonds is 6. The molecule has 2 aromatic rings. The topological polar surface area (TPSA) is 86.8 Å². The van der Waals surface area contributed by atoms with Crippen LogP contribution in [0.5, 0.6) is 5.75 Å². The molecule has 7 nitrogen and oxygen atoms in total. The summed E-state index contributed by atoms with van der Waals surface area (Å²) in [5.41, 5.74) is 5.87. The van der Waals surface area contributed by atoms with E-state index in [0.717, 1.165) is 18.9 Å². The number of methoxy groups -OCH3 is 1. The Bertz CT molecular complexity index is 1190. The molecule has 186 valence electrons. The van der Waals surface area contributed by atoms with Gasteiger partial charge in [0, 0.05) is 31.9 Å². The minimum absolute atomic E-state index is 0. The Morgan fingerprint density at radius 2 is 2.03 bits per heavy atom. The van der Waals surface area contributed by atoms with Gasteiger partial charge < -0.3 is 24.7 Å². The summed E-state index contributed by atoms with van der Waals surface area (Å²) in [6.07, 6.45) is 4.03. The monoisotopic (exact) mass is 497 g/mol. The molecule has 0 spiro atoms. The Morgan fingerprint density at radius 3 is 2.62 bits per heavy atom. The standard InChI is InChI=1S/C24H29F2N3O4.ClH/c1-13(2)33-24(31)17-12-29(15-6-7-15)20-16(22(17)30)9-18(25)21(23(20)32-3)28-8-4-5-14(11-28)19(26)10-27;/h9,12-13,15H,4-8,10-11,27H2,1-3H3;1H. The maximum absolute atomic E-state index is 15.5. The van der Waals surface area contributed by atoms with E-state index in [-0.39, 0.29) is 59.8 Å². The molecule has 2 aliphatic rings. The number of carbonyl (C=O) groups is 1. The van der Waals surface area contributed by atoms with Crippen LogP contribution in [0.15, 0.2) is 28.5 Å². The number of anilines is 1. The number of nitrogens with zero attached hydrogens (tertiary/aromatic N) is 2. The molecule has 1 aliphatic carbocycles. The highest BCUT2D eigenvalue weighted by molar-refractivity contribution is 5.97. The fraction of sp³-hybridized carbons (Fsp3) is 0.500. The van der Waals surface area contributed by atoms with E-state index in [1.54, 1.807) is 18.7 Å². The number of carbonyl (C=O) groups excluding carboxylic acids is 1. The Hall–Kier alpha value is -2.65. The predicted molar refractivity (Wildman–Crippen MR) is 129 cm³/mol. The number of aromatic nitrogens is 1. The molecule has 4 rings (SSSR count). The van der Waals surface area contributed by atoms with Crippen LogP contribution in [0.3, 0.4) is 0 Å². The summed E-state index contributed by atoms with van der Waals surface area (Å²) in [5, 5.41) is 0.0547. The molecule has 2 heterocycles. The lowest BCUT2D eigenvalue weighted by Gasteiger charge is -2.33. The van der Waals surface area contributed by atoms with E-state index in [9.17, 15) is 14.0 Å². The third kappa shape index (κ3) is 4.77. The number of ether oxygens (including phenoxy) is 2. The van der Waals surface area contributed by atoms with E-state index in [0.29, 0.717) is 30.5 Å². The lowest BCUT2D eigenvalue weighted by molar-refractivity contribution is 0.0375. The zero-order valence-electron chi connectivity index (χ0n) is 19.5. The summed E-state index contributed by atoms with van der Waals surface area (Å²) in [6, 6.07) is 1.22. The van der Waals surface area contributed by atoms with Crippen LogP contribution in [0.2, 0.25) is 0 Å². The summed E-state index contributed by atoms with van der Waals surface area (Å²) in [7, 11) is 1.42. The van der Waals surface area contributed by atoms with E-state index in [1.165, 1.54) is 13.3 Å². The summed E-state index contributed by atoms with van der Waals surface area (Å²) < 4.78 is 42.4. The average molecular weight is 498 g/mol. The fourth-order valence-corrected chi connectivity index (χ4v) is 4.42. The van der Waals surface area contributed by atoms with E-state index >= 15 is 4.39 Å². The zero-order chi connectivity index (χ0) is 23.9. The number of halogens is 3. The maximum Gasteiger partial charge on any atom is 0.343 e. The number of benzene rings is 1. The maximum atomic E-state index is 15.5. The summed E-state index contributed by atoms with van der Waals surface area (Å²) in [4.78, 5) is 27.5.